The molecule has 1 aromatic heterocycles. The zero-order chi connectivity index (χ0) is 17.4. The van der Waals surface area contributed by atoms with Crippen LogP contribution in [0.25, 0.3) is 0 Å². The summed E-state index contributed by atoms with van der Waals surface area (Å²) >= 11 is 0. The van der Waals surface area contributed by atoms with Gasteiger partial charge in [0.15, 0.2) is 12.4 Å². The molecule has 2 N–H and O–H groups in total. The van der Waals surface area contributed by atoms with Crippen LogP contribution in [0.4, 0.5) is 13.2 Å². The molecule has 1 aliphatic carbocycles. The Morgan fingerprint density at radius 2 is 2.08 bits per heavy atom. The number of rotatable bonds is 4. The van der Waals surface area contributed by atoms with Crippen molar-refractivity contribution in [1.82, 2.24) is 5.32 Å². The Hall–Kier alpha value is -1.74. The van der Waals surface area contributed by atoms with Gasteiger partial charge in [-0.15, -0.1) is 0 Å². The van der Waals surface area contributed by atoms with Crippen LogP contribution in [-0.4, -0.2) is 49.2 Å². The summed E-state index contributed by atoms with van der Waals surface area (Å²) in [5.74, 6) is -1.04. The Morgan fingerprint density at radius 3 is 2.71 bits per heavy atom. The number of carbonyl (C=O) groups excluding carboxylic acids is 1. The molecule has 1 aromatic rings. The summed E-state index contributed by atoms with van der Waals surface area (Å²) in [6, 6.07) is 2.21. The zero-order valence-corrected chi connectivity index (χ0v) is 12.8. The molecule has 1 spiro atoms. The molecule has 2 atom stereocenters. The standard InChI is InChI=1S/C15H18F3NO5/c16-15(17,18)8-23-12-2-1-9(24-12)13(21)19-10-7-11(20)14(10)3-5-22-6-4-14/h1-2,10-11,20H,3-8H2,(H,19,21)/t10-,11-/m1/s1. The lowest BCUT2D eigenvalue weighted by Crippen LogP contribution is -2.65. The minimum Gasteiger partial charge on any atom is -0.455 e. The summed E-state index contributed by atoms with van der Waals surface area (Å²) in [6.45, 7) is -0.432. The number of furan rings is 1. The van der Waals surface area contributed by atoms with Gasteiger partial charge >= 0.3 is 6.18 Å². The number of hydrogen-bond acceptors (Lipinski definition) is 5. The van der Waals surface area contributed by atoms with Crippen molar-refractivity contribution in [2.24, 2.45) is 5.41 Å². The Balaban J connectivity index is 1.58. The van der Waals surface area contributed by atoms with Gasteiger partial charge < -0.3 is 24.3 Å². The van der Waals surface area contributed by atoms with Crippen molar-refractivity contribution < 1.29 is 37.0 Å². The monoisotopic (exact) mass is 349 g/mol. The fraction of sp³-hybridized carbons (Fsp3) is 0.667. The highest BCUT2D eigenvalue weighted by molar-refractivity contribution is 5.92. The Bertz CT molecular complexity index is 594. The summed E-state index contributed by atoms with van der Waals surface area (Å²) in [7, 11) is 0. The van der Waals surface area contributed by atoms with Gasteiger partial charge in [0.2, 0.25) is 0 Å². The fourth-order valence-corrected chi connectivity index (χ4v) is 3.30. The highest BCUT2D eigenvalue weighted by Gasteiger charge is 2.55. The maximum absolute atomic E-state index is 12.2. The maximum Gasteiger partial charge on any atom is 0.422 e. The normalized spacial score (nSPS) is 26.0. The van der Waals surface area contributed by atoms with E-state index in [1.165, 1.54) is 12.1 Å². The van der Waals surface area contributed by atoms with Crippen molar-refractivity contribution in [3.05, 3.63) is 17.9 Å². The van der Waals surface area contributed by atoms with Crippen LogP contribution in [-0.2, 0) is 4.74 Å². The topological polar surface area (TPSA) is 80.9 Å². The molecule has 0 aromatic carbocycles. The van der Waals surface area contributed by atoms with E-state index in [1.54, 1.807) is 0 Å². The van der Waals surface area contributed by atoms with Gasteiger partial charge in [0, 0.05) is 30.7 Å². The van der Waals surface area contributed by atoms with Crippen molar-refractivity contribution in [3.63, 3.8) is 0 Å². The number of carbonyl (C=O) groups is 1. The lowest BCUT2D eigenvalue weighted by atomic mass is 9.58. The molecule has 9 heteroatoms. The second-order valence-corrected chi connectivity index (χ2v) is 6.15. The van der Waals surface area contributed by atoms with Gasteiger partial charge in [0.1, 0.15) is 0 Å². The van der Waals surface area contributed by atoms with Crippen LogP contribution in [0.3, 0.4) is 0 Å². The molecule has 1 saturated carbocycles. The molecule has 6 nitrogen and oxygen atoms in total. The first-order valence-corrected chi connectivity index (χ1v) is 7.66. The summed E-state index contributed by atoms with van der Waals surface area (Å²) in [4.78, 5) is 12.2. The van der Waals surface area contributed by atoms with E-state index < -0.39 is 30.2 Å². The molecule has 1 saturated heterocycles. The third-order valence-electron chi connectivity index (χ3n) is 4.73. The number of amides is 1. The molecule has 0 radical (unpaired) electrons. The molecular formula is C15H18F3NO5. The van der Waals surface area contributed by atoms with E-state index in [1.807, 2.05) is 0 Å². The predicted octanol–water partition coefficient (Wildman–Crippen LogP) is 1.88. The highest BCUT2D eigenvalue weighted by atomic mass is 19.4. The molecule has 2 heterocycles. The van der Waals surface area contributed by atoms with E-state index >= 15 is 0 Å². The predicted molar refractivity (Wildman–Crippen MR) is 74.6 cm³/mol. The van der Waals surface area contributed by atoms with E-state index in [-0.39, 0.29) is 17.7 Å². The van der Waals surface area contributed by atoms with E-state index in [4.69, 9.17) is 9.15 Å². The second kappa shape index (κ2) is 6.29. The van der Waals surface area contributed by atoms with E-state index in [0.717, 1.165) is 0 Å². The summed E-state index contributed by atoms with van der Waals surface area (Å²) in [5.41, 5.74) is -0.393. The molecule has 134 valence electrons. The fourth-order valence-electron chi connectivity index (χ4n) is 3.30. The van der Waals surface area contributed by atoms with Crippen LogP contribution in [0, 0.1) is 5.41 Å². The number of alkyl halides is 3. The Morgan fingerprint density at radius 1 is 1.38 bits per heavy atom. The maximum atomic E-state index is 12.2. The van der Waals surface area contributed by atoms with Crippen molar-refractivity contribution >= 4 is 5.91 Å². The van der Waals surface area contributed by atoms with Gasteiger partial charge in [-0.1, -0.05) is 0 Å². The van der Waals surface area contributed by atoms with Crippen molar-refractivity contribution in [3.8, 4) is 5.95 Å². The van der Waals surface area contributed by atoms with E-state index in [2.05, 4.69) is 10.1 Å². The lowest BCUT2D eigenvalue weighted by molar-refractivity contribution is -0.156. The van der Waals surface area contributed by atoms with Crippen LogP contribution in [0.2, 0.25) is 0 Å². The number of aliphatic hydroxyl groups is 1. The van der Waals surface area contributed by atoms with Gasteiger partial charge in [-0.3, -0.25) is 4.79 Å². The number of halogens is 3. The molecule has 2 aliphatic rings. The van der Waals surface area contributed by atoms with Gasteiger partial charge in [-0.05, 0) is 25.3 Å². The smallest absolute Gasteiger partial charge is 0.422 e. The minimum absolute atomic E-state index is 0.129. The first-order chi connectivity index (χ1) is 11.3. The SMILES string of the molecule is O=C(N[C@@H]1C[C@@H](O)C12CCOCC2)c1ccc(OCC(F)(F)F)o1. The highest BCUT2D eigenvalue weighted by Crippen LogP contribution is 2.49. The number of hydrogen-bond donors (Lipinski definition) is 2. The molecule has 3 rings (SSSR count). The summed E-state index contributed by atoms with van der Waals surface area (Å²) in [5, 5.41) is 12.9. The molecule has 0 unspecified atom stereocenters. The van der Waals surface area contributed by atoms with Crippen LogP contribution in [0.1, 0.15) is 29.8 Å². The Labute approximate surface area is 135 Å². The van der Waals surface area contributed by atoms with Crippen molar-refractivity contribution in [1.29, 1.82) is 0 Å². The van der Waals surface area contributed by atoms with E-state index in [9.17, 15) is 23.1 Å². The lowest BCUT2D eigenvalue weighted by Gasteiger charge is -2.55. The van der Waals surface area contributed by atoms with Gasteiger partial charge in [0.25, 0.3) is 11.9 Å². The molecule has 2 fully saturated rings. The van der Waals surface area contributed by atoms with Crippen LogP contribution in [0.15, 0.2) is 16.5 Å². The van der Waals surface area contributed by atoms with Crippen LogP contribution >= 0.6 is 0 Å². The van der Waals surface area contributed by atoms with Gasteiger partial charge in [-0.2, -0.15) is 13.2 Å². The first-order valence-electron chi connectivity index (χ1n) is 7.66. The third kappa shape index (κ3) is 3.36. The average molecular weight is 349 g/mol. The van der Waals surface area contributed by atoms with Gasteiger partial charge in [-0.25, -0.2) is 0 Å². The summed E-state index contributed by atoms with van der Waals surface area (Å²) < 4.78 is 51.0. The minimum atomic E-state index is -4.48. The van der Waals surface area contributed by atoms with Crippen molar-refractivity contribution in [2.75, 3.05) is 19.8 Å². The zero-order valence-electron chi connectivity index (χ0n) is 12.8. The van der Waals surface area contributed by atoms with Crippen LogP contribution < -0.4 is 10.1 Å². The van der Waals surface area contributed by atoms with Crippen molar-refractivity contribution in [2.45, 2.75) is 37.6 Å². The average Bonchev–Trinajstić information content (AvgIpc) is 3.02. The molecule has 24 heavy (non-hydrogen) atoms. The van der Waals surface area contributed by atoms with Crippen LogP contribution in [0.5, 0.6) is 5.95 Å². The first kappa shape index (κ1) is 17.1. The quantitative estimate of drug-likeness (QED) is 0.868. The number of ether oxygens (including phenoxy) is 2. The molecular weight excluding hydrogens is 331 g/mol. The third-order valence-corrected chi connectivity index (χ3v) is 4.73. The largest absolute Gasteiger partial charge is 0.455 e. The number of nitrogens with one attached hydrogen (secondary N) is 1. The number of aliphatic hydroxyl groups excluding tert-OH is 1. The molecule has 1 amide bonds. The van der Waals surface area contributed by atoms with Gasteiger partial charge in [0.05, 0.1) is 6.10 Å². The second-order valence-electron chi connectivity index (χ2n) is 6.15. The summed E-state index contributed by atoms with van der Waals surface area (Å²) in [6.07, 6.45) is -3.24. The molecule has 0 bridgehead atoms. The van der Waals surface area contributed by atoms with E-state index in [0.29, 0.717) is 32.5 Å². The molecule has 1 aliphatic heterocycles. The Kier molecular flexibility index (Phi) is 4.48.